The van der Waals surface area contributed by atoms with E-state index in [-0.39, 0.29) is 24.4 Å². The number of ether oxygens (including phenoxy) is 1. The first-order valence-electron chi connectivity index (χ1n) is 8.13. The standard InChI is InChI=1S/C18H25NO4/c1-13-5-3-4-6-16(13)14(2)11-17(20)19(12-18(21)22)15-7-9-23-10-8-15/h3-6,14-15H,7-12H2,1-2H3,(H,21,22). The molecule has 0 spiro atoms. The molecule has 1 unspecified atom stereocenters. The maximum Gasteiger partial charge on any atom is 0.323 e. The summed E-state index contributed by atoms with van der Waals surface area (Å²) in [6, 6.07) is 7.98. The normalized spacial score (nSPS) is 16.8. The van der Waals surface area contributed by atoms with Crippen molar-refractivity contribution in [3.05, 3.63) is 35.4 Å². The fourth-order valence-electron chi connectivity index (χ4n) is 3.19. The number of carbonyl (C=O) groups excluding carboxylic acids is 1. The largest absolute Gasteiger partial charge is 0.480 e. The second-order valence-corrected chi connectivity index (χ2v) is 6.22. The van der Waals surface area contributed by atoms with Gasteiger partial charge in [0.05, 0.1) is 0 Å². The third-order valence-electron chi connectivity index (χ3n) is 4.46. The van der Waals surface area contributed by atoms with Crippen LogP contribution in [0, 0.1) is 6.92 Å². The molecule has 0 saturated carbocycles. The molecule has 1 aromatic carbocycles. The first-order chi connectivity index (χ1) is 11.0. The van der Waals surface area contributed by atoms with Crippen molar-refractivity contribution < 1.29 is 19.4 Å². The molecule has 1 aliphatic rings. The van der Waals surface area contributed by atoms with E-state index in [0.717, 1.165) is 11.1 Å². The van der Waals surface area contributed by atoms with Gasteiger partial charge in [-0.3, -0.25) is 9.59 Å². The van der Waals surface area contributed by atoms with Crippen molar-refractivity contribution in [2.75, 3.05) is 19.8 Å². The number of nitrogens with zero attached hydrogens (tertiary/aromatic N) is 1. The third-order valence-corrected chi connectivity index (χ3v) is 4.46. The van der Waals surface area contributed by atoms with Gasteiger partial charge in [-0.2, -0.15) is 0 Å². The van der Waals surface area contributed by atoms with Crippen molar-refractivity contribution >= 4 is 11.9 Å². The van der Waals surface area contributed by atoms with E-state index in [4.69, 9.17) is 9.84 Å². The van der Waals surface area contributed by atoms with Crippen molar-refractivity contribution in [3.63, 3.8) is 0 Å². The Morgan fingerprint density at radius 1 is 1.30 bits per heavy atom. The van der Waals surface area contributed by atoms with Crippen LogP contribution in [0.1, 0.15) is 43.2 Å². The summed E-state index contributed by atoms with van der Waals surface area (Å²) >= 11 is 0. The number of benzene rings is 1. The maximum absolute atomic E-state index is 12.7. The van der Waals surface area contributed by atoms with E-state index in [1.807, 2.05) is 38.1 Å². The molecule has 1 amide bonds. The Hall–Kier alpha value is -1.88. The Kier molecular flexibility index (Phi) is 6.16. The molecule has 1 atom stereocenters. The fraction of sp³-hybridized carbons (Fsp3) is 0.556. The monoisotopic (exact) mass is 319 g/mol. The highest BCUT2D eigenvalue weighted by atomic mass is 16.5. The number of hydrogen-bond donors (Lipinski definition) is 1. The summed E-state index contributed by atoms with van der Waals surface area (Å²) in [7, 11) is 0. The number of carboxylic acids is 1. The van der Waals surface area contributed by atoms with Crippen LogP contribution in [0.15, 0.2) is 24.3 Å². The molecule has 0 bridgehead atoms. The summed E-state index contributed by atoms with van der Waals surface area (Å²) in [4.78, 5) is 25.4. The minimum absolute atomic E-state index is 0.0311. The highest BCUT2D eigenvalue weighted by molar-refractivity contribution is 5.82. The lowest BCUT2D eigenvalue weighted by molar-refractivity contribution is -0.147. The van der Waals surface area contributed by atoms with Gasteiger partial charge in [0.25, 0.3) is 0 Å². The van der Waals surface area contributed by atoms with Gasteiger partial charge in [0.1, 0.15) is 6.54 Å². The molecule has 0 radical (unpaired) electrons. The Morgan fingerprint density at radius 2 is 1.96 bits per heavy atom. The van der Waals surface area contributed by atoms with Crippen LogP contribution in [-0.2, 0) is 14.3 Å². The van der Waals surface area contributed by atoms with Crippen LogP contribution >= 0.6 is 0 Å². The van der Waals surface area contributed by atoms with Gasteiger partial charge in [0, 0.05) is 25.7 Å². The Labute approximate surface area is 137 Å². The van der Waals surface area contributed by atoms with E-state index in [0.29, 0.717) is 32.5 Å². The van der Waals surface area contributed by atoms with Crippen LogP contribution < -0.4 is 0 Å². The van der Waals surface area contributed by atoms with E-state index in [9.17, 15) is 9.59 Å². The van der Waals surface area contributed by atoms with Gasteiger partial charge in [-0.15, -0.1) is 0 Å². The molecule has 2 rings (SSSR count). The molecule has 0 aliphatic carbocycles. The molecular formula is C18H25NO4. The summed E-state index contributed by atoms with van der Waals surface area (Å²) in [6.45, 7) is 4.99. The Morgan fingerprint density at radius 3 is 2.57 bits per heavy atom. The molecule has 1 N–H and O–H groups in total. The van der Waals surface area contributed by atoms with Gasteiger partial charge >= 0.3 is 5.97 Å². The highest BCUT2D eigenvalue weighted by Gasteiger charge is 2.28. The average molecular weight is 319 g/mol. The van der Waals surface area contributed by atoms with Crippen LogP contribution in [0.3, 0.4) is 0 Å². The van der Waals surface area contributed by atoms with E-state index < -0.39 is 5.97 Å². The lowest BCUT2D eigenvalue weighted by atomic mass is 9.93. The Bertz CT molecular complexity index is 552. The van der Waals surface area contributed by atoms with Crippen molar-refractivity contribution in [2.45, 2.75) is 45.1 Å². The molecular weight excluding hydrogens is 294 g/mol. The number of hydrogen-bond acceptors (Lipinski definition) is 3. The summed E-state index contributed by atoms with van der Waals surface area (Å²) in [5, 5.41) is 9.13. The van der Waals surface area contributed by atoms with Crippen LogP contribution in [-0.4, -0.2) is 47.7 Å². The van der Waals surface area contributed by atoms with Gasteiger partial charge in [0.15, 0.2) is 0 Å². The lowest BCUT2D eigenvalue weighted by Crippen LogP contribution is -2.46. The Balaban J connectivity index is 2.07. The van der Waals surface area contributed by atoms with E-state index in [1.54, 1.807) is 0 Å². The van der Waals surface area contributed by atoms with Crippen LogP contribution in [0.25, 0.3) is 0 Å². The fourth-order valence-corrected chi connectivity index (χ4v) is 3.19. The highest BCUT2D eigenvalue weighted by Crippen LogP contribution is 2.25. The molecule has 5 nitrogen and oxygen atoms in total. The molecule has 126 valence electrons. The van der Waals surface area contributed by atoms with Crippen LogP contribution in [0.2, 0.25) is 0 Å². The molecule has 23 heavy (non-hydrogen) atoms. The zero-order valence-corrected chi connectivity index (χ0v) is 13.8. The molecule has 1 heterocycles. The van der Waals surface area contributed by atoms with E-state index >= 15 is 0 Å². The molecule has 1 fully saturated rings. The zero-order chi connectivity index (χ0) is 16.8. The first kappa shape index (κ1) is 17.5. The number of amides is 1. The SMILES string of the molecule is Cc1ccccc1C(C)CC(=O)N(CC(=O)O)C1CCOCC1. The minimum Gasteiger partial charge on any atom is -0.480 e. The minimum atomic E-state index is -0.964. The number of aryl methyl sites for hydroxylation is 1. The van der Waals surface area contributed by atoms with Gasteiger partial charge in [-0.1, -0.05) is 31.2 Å². The number of aliphatic carboxylic acids is 1. The topological polar surface area (TPSA) is 66.8 Å². The van der Waals surface area contributed by atoms with E-state index in [2.05, 4.69) is 0 Å². The molecule has 1 aliphatic heterocycles. The quantitative estimate of drug-likeness (QED) is 0.875. The van der Waals surface area contributed by atoms with E-state index in [1.165, 1.54) is 4.90 Å². The zero-order valence-electron chi connectivity index (χ0n) is 13.8. The predicted octanol–water partition coefficient (Wildman–Crippen LogP) is 2.58. The molecule has 5 heteroatoms. The van der Waals surface area contributed by atoms with Gasteiger partial charge in [0.2, 0.25) is 5.91 Å². The molecule has 1 saturated heterocycles. The van der Waals surface area contributed by atoms with Gasteiger partial charge in [-0.25, -0.2) is 0 Å². The van der Waals surface area contributed by atoms with Gasteiger partial charge < -0.3 is 14.7 Å². The molecule has 1 aromatic rings. The third kappa shape index (κ3) is 4.79. The number of rotatable bonds is 6. The van der Waals surface area contributed by atoms with Crippen LogP contribution in [0.4, 0.5) is 0 Å². The van der Waals surface area contributed by atoms with Gasteiger partial charge in [-0.05, 0) is 36.8 Å². The van der Waals surface area contributed by atoms with Crippen LogP contribution in [0.5, 0.6) is 0 Å². The predicted molar refractivity (Wildman–Crippen MR) is 87.4 cm³/mol. The van der Waals surface area contributed by atoms with Crippen molar-refractivity contribution in [1.29, 1.82) is 0 Å². The van der Waals surface area contributed by atoms with Crippen molar-refractivity contribution in [2.24, 2.45) is 0 Å². The molecule has 0 aromatic heterocycles. The van der Waals surface area contributed by atoms with Crippen molar-refractivity contribution in [1.82, 2.24) is 4.90 Å². The maximum atomic E-state index is 12.7. The second kappa shape index (κ2) is 8.11. The summed E-state index contributed by atoms with van der Waals surface area (Å²) < 4.78 is 5.32. The van der Waals surface area contributed by atoms with Crippen molar-refractivity contribution in [3.8, 4) is 0 Å². The summed E-state index contributed by atoms with van der Waals surface area (Å²) in [6.07, 6.45) is 1.74. The lowest BCUT2D eigenvalue weighted by Gasteiger charge is -2.34. The average Bonchev–Trinajstić information content (AvgIpc) is 2.53. The second-order valence-electron chi connectivity index (χ2n) is 6.22. The smallest absolute Gasteiger partial charge is 0.323 e. The number of carbonyl (C=O) groups is 2. The number of carboxylic acid groups (broad SMARTS) is 1. The summed E-state index contributed by atoms with van der Waals surface area (Å²) in [5.74, 6) is -0.983. The first-order valence-corrected chi connectivity index (χ1v) is 8.13. The summed E-state index contributed by atoms with van der Waals surface area (Å²) in [5.41, 5.74) is 2.30.